The predicted molar refractivity (Wildman–Crippen MR) is 133 cm³/mol. The van der Waals surface area contributed by atoms with Crippen molar-refractivity contribution < 1.29 is 9.59 Å². The van der Waals surface area contributed by atoms with E-state index in [1.54, 1.807) is 10.9 Å². The molecule has 4 aromatic rings. The van der Waals surface area contributed by atoms with Gasteiger partial charge in [0.15, 0.2) is 5.13 Å². The van der Waals surface area contributed by atoms with Crippen LogP contribution in [0.1, 0.15) is 27.2 Å². The van der Waals surface area contributed by atoms with E-state index in [2.05, 4.69) is 10.3 Å². The van der Waals surface area contributed by atoms with E-state index in [-0.39, 0.29) is 11.7 Å². The zero-order valence-electron chi connectivity index (χ0n) is 18.2. The number of anilines is 1. The number of carbonyl (C=O) groups excluding carboxylic acids is 2. The van der Waals surface area contributed by atoms with Crippen LogP contribution < -0.4 is 11.1 Å². The lowest BCUT2D eigenvalue weighted by Crippen LogP contribution is -2.12. The molecule has 2 aromatic heterocycles. The molecule has 0 saturated heterocycles. The Bertz CT molecular complexity index is 1280. The SMILES string of the molecule is Cc1ccc(-c2nn(Cc3ccccc3)cc2C(=O)Nc2nc(C)c(SCC(N)=O)s2)cc1. The van der Waals surface area contributed by atoms with E-state index in [0.717, 1.165) is 26.6 Å². The van der Waals surface area contributed by atoms with Gasteiger partial charge in [-0.05, 0) is 19.4 Å². The Morgan fingerprint density at radius 3 is 2.52 bits per heavy atom. The van der Waals surface area contributed by atoms with Crippen LogP contribution in [0.3, 0.4) is 0 Å². The summed E-state index contributed by atoms with van der Waals surface area (Å²) in [6.45, 7) is 4.41. The highest BCUT2D eigenvalue weighted by Crippen LogP contribution is 2.32. The van der Waals surface area contributed by atoms with Gasteiger partial charge in [-0.2, -0.15) is 5.10 Å². The van der Waals surface area contributed by atoms with Gasteiger partial charge in [0.25, 0.3) is 5.91 Å². The molecule has 0 spiro atoms. The smallest absolute Gasteiger partial charge is 0.261 e. The molecule has 0 saturated carbocycles. The van der Waals surface area contributed by atoms with Gasteiger partial charge in [0.2, 0.25) is 5.91 Å². The summed E-state index contributed by atoms with van der Waals surface area (Å²) >= 11 is 2.64. The first kappa shape index (κ1) is 22.8. The number of thiazole rings is 1. The van der Waals surface area contributed by atoms with E-state index < -0.39 is 5.91 Å². The van der Waals surface area contributed by atoms with Gasteiger partial charge in [0.1, 0.15) is 5.69 Å². The number of carbonyl (C=O) groups is 2. The van der Waals surface area contributed by atoms with E-state index in [1.165, 1.54) is 23.1 Å². The first-order valence-corrected chi connectivity index (χ1v) is 12.1. The number of primary amides is 1. The van der Waals surface area contributed by atoms with Crippen LogP contribution in [0, 0.1) is 13.8 Å². The number of nitrogens with zero attached hydrogens (tertiary/aromatic N) is 3. The van der Waals surface area contributed by atoms with Crippen molar-refractivity contribution in [3.8, 4) is 11.3 Å². The molecule has 0 fully saturated rings. The monoisotopic (exact) mass is 477 g/mol. The van der Waals surface area contributed by atoms with Gasteiger partial charge < -0.3 is 5.73 Å². The lowest BCUT2D eigenvalue weighted by molar-refractivity contribution is -0.115. The molecule has 0 bridgehead atoms. The second kappa shape index (κ2) is 10.0. The molecule has 168 valence electrons. The molecule has 0 unspecified atom stereocenters. The fourth-order valence-electron chi connectivity index (χ4n) is 3.23. The molecule has 0 aliphatic heterocycles. The zero-order valence-corrected chi connectivity index (χ0v) is 19.9. The van der Waals surface area contributed by atoms with Gasteiger partial charge in [0.05, 0.1) is 27.8 Å². The third kappa shape index (κ3) is 5.68. The Morgan fingerprint density at radius 2 is 1.82 bits per heavy atom. The summed E-state index contributed by atoms with van der Waals surface area (Å²) in [6, 6.07) is 17.9. The lowest BCUT2D eigenvalue weighted by atomic mass is 10.1. The van der Waals surface area contributed by atoms with Crippen molar-refractivity contribution in [3.05, 3.63) is 83.2 Å². The highest BCUT2D eigenvalue weighted by Gasteiger charge is 2.20. The summed E-state index contributed by atoms with van der Waals surface area (Å²) in [5.74, 6) is -0.516. The van der Waals surface area contributed by atoms with Gasteiger partial charge in [-0.15, -0.1) is 11.8 Å². The lowest BCUT2D eigenvalue weighted by Gasteiger charge is -2.03. The van der Waals surface area contributed by atoms with Crippen LogP contribution in [-0.4, -0.2) is 32.3 Å². The summed E-state index contributed by atoms with van der Waals surface area (Å²) in [5.41, 5.74) is 10.2. The average molecular weight is 478 g/mol. The maximum atomic E-state index is 13.2. The zero-order chi connectivity index (χ0) is 23.4. The minimum absolute atomic E-state index is 0.167. The Morgan fingerprint density at radius 1 is 1.09 bits per heavy atom. The molecule has 0 atom stereocenters. The Kier molecular flexibility index (Phi) is 6.90. The quantitative estimate of drug-likeness (QED) is 0.364. The van der Waals surface area contributed by atoms with Crippen LogP contribution in [0.25, 0.3) is 11.3 Å². The van der Waals surface area contributed by atoms with Crippen LogP contribution in [0.5, 0.6) is 0 Å². The van der Waals surface area contributed by atoms with Crippen molar-refractivity contribution in [2.75, 3.05) is 11.1 Å². The van der Waals surface area contributed by atoms with Crippen LogP contribution in [0.15, 0.2) is 65.0 Å². The van der Waals surface area contributed by atoms with E-state index in [1.807, 2.05) is 68.4 Å². The summed E-state index contributed by atoms with van der Waals surface area (Å²) in [7, 11) is 0. The van der Waals surface area contributed by atoms with Crippen molar-refractivity contribution in [2.45, 2.75) is 24.6 Å². The second-order valence-electron chi connectivity index (χ2n) is 7.54. The number of hydrogen-bond acceptors (Lipinski definition) is 6. The van der Waals surface area contributed by atoms with Crippen molar-refractivity contribution in [1.29, 1.82) is 0 Å². The molecule has 0 aliphatic rings. The molecule has 2 amide bonds. The molecule has 4 rings (SSSR count). The van der Waals surface area contributed by atoms with E-state index >= 15 is 0 Å². The molecule has 9 heteroatoms. The number of benzene rings is 2. The number of amides is 2. The van der Waals surface area contributed by atoms with Gasteiger partial charge in [0, 0.05) is 11.8 Å². The third-order valence-corrected chi connectivity index (χ3v) is 7.30. The number of rotatable bonds is 8. The molecule has 2 aromatic carbocycles. The summed E-state index contributed by atoms with van der Waals surface area (Å²) in [6.07, 6.45) is 1.76. The van der Waals surface area contributed by atoms with Crippen LogP contribution in [0.4, 0.5) is 5.13 Å². The topological polar surface area (TPSA) is 103 Å². The fraction of sp³-hybridized carbons (Fsp3) is 0.167. The van der Waals surface area contributed by atoms with Crippen molar-refractivity contribution >= 4 is 40.0 Å². The molecule has 33 heavy (non-hydrogen) atoms. The number of thioether (sulfide) groups is 1. The molecular weight excluding hydrogens is 454 g/mol. The Labute approximate surface area is 200 Å². The van der Waals surface area contributed by atoms with Crippen molar-refractivity contribution in [1.82, 2.24) is 14.8 Å². The van der Waals surface area contributed by atoms with E-state index in [0.29, 0.717) is 22.9 Å². The molecule has 7 nitrogen and oxygen atoms in total. The highest BCUT2D eigenvalue weighted by molar-refractivity contribution is 8.01. The maximum absolute atomic E-state index is 13.2. The van der Waals surface area contributed by atoms with Gasteiger partial charge >= 0.3 is 0 Å². The number of nitrogens with one attached hydrogen (secondary N) is 1. The number of aryl methyl sites for hydroxylation is 2. The van der Waals surface area contributed by atoms with Gasteiger partial charge in [-0.1, -0.05) is 71.5 Å². The number of nitrogens with two attached hydrogens (primary N) is 1. The Balaban J connectivity index is 1.62. The van der Waals surface area contributed by atoms with Gasteiger partial charge in [-0.25, -0.2) is 4.98 Å². The largest absolute Gasteiger partial charge is 0.369 e. The fourth-order valence-corrected chi connectivity index (χ4v) is 5.11. The minimum atomic E-state index is -0.396. The minimum Gasteiger partial charge on any atom is -0.369 e. The highest BCUT2D eigenvalue weighted by atomic mass is 32.2. The van der Waals surface area contributed by atoms with Gasteiger partial charge in [-0.3, -0.25) is 19.6 Å². The van der Waals surface area contributed by atoms with E-state index in [9.17, 15) is 9.59 Å². The van der Waals surface area contributed by atoms with E-state index in [4.69, 9.17) is 10.8 Å². The summed E-state index contributed by atoms with van der Waals surface area (Å²) in [5, 5.41) is 8.08. The molecule has 2 heterocycles. The summed E-state index contributed by atoms with van der Waals surface area (Å²) in [4.78, 5) is 28.8. The normalized spacial score (nSPS) is 10.8. The maximum Gasteiger partial charge on any atom is 0.261 e. The summed E-state index contributed by atoms with van der Waals surface area (Å²) < 4.78 is 2.63. The van der Waals surface area contributed by atoms with Crippen LogP contribution >= 0.6 is 23.1 Å². The van der Waals surface area contributed by atoms with Crippen molar-refractivity contribution in [2.24, 2.45) is 5.73 Å². The molecule has 3 N–H and O–H groups in total. The molecule has 0 aliphatic carbocycles. The Hall–Kier alpha value is -3.43. The molecular formula is C24H23N5O2S2. The van der Waals surface area contributed by atoms with Crippen molar-refractivity contribution in [3.63, 3.8) is 0 Å². The second-order valence-corrected chi connectivity index (χ2v) is 9.78. The molecule has 0 radical (unpaired) electrons. The first-order chi connectivity index (χ1) is 15.9. The number of hydrogen-bond donors (Lipinski definition) is 2. The third-order valence-electron chi connectivity index (χ3n) is 4.84. The number of aromatic nitrogens is 3. The average Bonchev–Trinajstić information content (AvgIpc) is 3.36. The van der Waals surface area contributed by atoms with Crippen LogP contribution in [-0.2, 0) is 11.3 Å². The standard InChI is InChI=1S/C24H23N5O2S2/c1-15-8-10-18(11-9-15)21-19(13-29(28-21)12-17-6-4-3-5-7-17)22(31)27-24-26-16(2)23(33-24)32-14-20(25)30/h3-11,13H,12,14H2,1-2H3,(H2,25,30)(H,26,27,31). The first-order valence-electron chi connectivity index (χ1n) is 10.3. The van der Waals surface area contributed by atoms with Crippen LogP contribution in [0.2, 0.25) is 0 Å². The predicted octanol–water partition coefficient (Wildman–Crippen LogP) is 4.50.